The smallest absolute Gasteiger partial charge is 0.0235 e. The Bertz CT molecular complexity index is 258. The zero-order chi connectivity index (χ0) is 10.6. The number of fused-ring (bicyclic) bond motifs is 1. The summed E-state index contributed by atoms with van der Waals surface area (Å²) >= 11 is 0. The van der Waals surface area contributed by atoms with Crippen LogP contribution in [0.2, 0.25) is 0 Å². The van der Waals surface area contributed by atoms with Crippen molar-refractivity contribution in [2.75, 3.05) is 0 Å². The van der Waals surface area contributed by atoms with Gasteiger partial charge in [0.15, 0.2) is 0 Å². The minimum Gasteiger partial charge on any atom is -0.0744 e. The monoisotopic (exact) mass is 192 g/mol. The highest BCUT2D eigenvalue weighted by Gasteiger charge is 2.66. The molecule has 80 valence electrons. The molecule has 0 bridgehead atoms. The lowest BCUT2D eigenvalue weighted by Gasteiger charge is -2.23. The van der Waals surface area contributed by atoms with Crippen LogP contribution < -0.4 is 0 Å². The largest absolute Gasteiger partial charge is 0.0744 e. The molecule has 0 aromatic heterocycles. The summed E-state index contributed by atoms with van der Waals surface area (Å²) in [5.74, 6) is 0.939. The normalized spacial score (nSPS) is 53.4. The first-order chi connectivity index (χ1) is 6.42. The number of hydrogen-bond acceptors (Lipinski definition) is 0. The Kier molecular flexibility index (Phi) is 2.10. The molecule has 2 aliphatic rings. The van der Waals surface area contributed by atoms with Crippen molar-refractivity contribution in [2.45, 2.75) is 60.3 Å². The van der Waals surface area contributed by atoms with E-state index in [4.69, 9.17) is 0 Å². The van der Waals surface area contributed by atoms with Gasteiger partial charge < -0.3 is 0 Å². The lowest BCUT2D eigenvalue weighted by molar-refractivity contribution is 0.336. The van der Waals surface area contributed by atoms with E-state index < -0.39 is 0 Å². The SMILES string of the molecule is C/C1=C(\C)CCC2(C)C(C)C2(C)CC1. The predicted molar refractivity (Wildman–Crippen MR) is 62.2 cm³/mol. The maximum Gasteiger partial charge on any atom is -0.0235 e. The number of rotatable bonds is 0. The molecule has 0 spiro atoms. The molecule has 0 aromatic rings. The van der Waals surface area contributed by atoms with E-state index in [1.54, 1.807) is 11.1 Å². The molecule has 0 aliphatic heterocycles. The fraction of sp³-hybridized carbons (Fsp3) is 0.857. The first kappa shape index (κ1) is 10.3. The van der Waals surface area contributed by atoms with Crippen molar-refractivity contribution in [3.63, 3.8) is 0 Å². The summed E-state index contributed by atoms with van der Waals surface area (Å²) in [6, 6.07) is 0. The summed E-state index contributed by atoms with van der Waals surface area (Å²) in [6.45, 7) is 12.1. The van der Waals surface area contributed by atoms with Crippen molar-refractivity contribution in [3.05, 3.63) is 11.1 Å². The Morgan fingerprint density at radius 3 is 1.64 bits per heavy atom. The van der Waals surface area contributed by atoms with Crippen LogP contribution >= 0.6 is 0 Å². The Balaban J connectivity index is 2.21. The summed E-state index contributed by atoms with van der Waals surface area (Å²) in [5.41, 5.74) is 4.61. The fourth-order valence-electron chi connectivity index (χ4n) is 3.57. The Morgan fingerprint density at radius 1 is 0.929 bits per heavy atom. The maximum absolute atomic E-state index is 2.51. The van der Waals surface area contributed by atoms with Crippen LogP contribution in [-0.4, -0.2) is 0 Å². The third kappa shape index (κ3) is 1.12. The van der Waals surface area contributed by atoms with Crippen LogP contribution in [0.3, 0.4) is 0 Å². The number of allylic oxidation sites excluding steroid dienone is 2. The summed E-state index contributed by atoms with van der Waals surface area (Å²) in [5, 5.41) is 0. The van der Waals surface area contributed by atoms with E-state index in [2.05, 4.69) is 34.6 Å². The van der Waals surface area contributed by atoms with Crippen LogP contribution in [0.5, 0.6) is 0 Å². The van der Waals surface area contributed by atoms with Crippen molar-refractivity contribution in [1.82, 2.24) is 0 Å². The third-order valence-electron chi connectivity index (χ3n) is 5.90. The molecule has 1 fully saturated rings. The second kappa shape index (κ2) is 2.87. The topological polar surface area (TPSA) is 0 Å². The molecule has 2 rings (SSSR count). The van der Waals surface area contributed by atoms with E-state index >= 15 is 0 Å². The maximum atomic E-state index is 2.51. The van der Waals surface area contributed by atoms with E-state index in [1.165, 1.54) is 25.7 Å². The summed E-state index contributed by atoms with van der Waals surface area (Å²) in [6.07, 6.45) is 5.49. The van der Waals surface area contributed by atoms with Crippen molar-refractivity contribution in [3.8, 4) is 0 Å². The molecule has 0 amide bonds. The molecule has 0 nitrogen and oxygen atoms in total. The molecule has 2 atom stereocenters. The Morgan fingerprint density at radius 2 is 1.29 bits per heavy atom. The molecule has 14 heavy (non-hydrogen) atoms. The van der Waals surface area contributed by atoms with Gasteiger partial charge in [-0.25, -0.2) is 0 Å². The molecule has 2 unspecified atom stereocenters. The average Bonchev–Trinajstić information content (AvgIpc) is 2.57. The highest BCUT2D eigenvalue weighted by Crippen LogP contribution is 2.73. The van der Waals surface area contributed by atoms with Crippen LogP contribution in [0, 0.1) is 16.7 Å². The van der Waals surface area contributed by atoms with Crippen LogP contribution in [0.4, 0.5) is 0 Å². The van der Waals surface area contributed by atoms with Crippen LogP contribution in [0.25, 0.3) is 0 Å². The zero-order valence-electron chi connectivity index (χ0n) is 10.4. The van der Waals surface area contributed by atoms with Gasteiger partial charge in [-0.2, -0.15) is 0 Å². The van der Waals surface area contributed by atoms with Crippen LogP contribution in [-0.2, 0) is 0 Å². The van der Waals surface area contributed by atoms with Gasteiger partial charge in [0.2, 0.25) is 0 Å². The molecule has 0 heterocycles. The minimum absolute atomic E-state index is 0.648. The molecule has 0 heteroatoms. The number of hydrogen-bond donors (Lipinski definition) is 0. The van der Waals surface area contributed by atoms with E-state index in [-0.39, 0.29) is 0 Å². The van der Waals surface area contributed by atoms with Gasteiger partial charge in [-0.1, -0.05) is 31.9 Å². The average molecular weight is 192 g/mol. The predicted octanol–water partition coefficient (Wildman–Crippen LogP) is 4.56. The highest BCUT2D eigenvalue weighted by atomic mass is 14.7. The molecule has 2 aliphatic carbocycles. The van der Waals surface area contributed by atoms with Crippen molar-refractivity contribution < 1.29 is 0 Å². The first-order valence-electron chi connectivity index (χ1n) is 6.07. The molecule has 1 saturated carbocycles. The van der Waals surface area contributed by atoms with E-state index in [0.717, 1.165) is 5.92 Å². The standard InChI is InChI=1S/C14H24/c1-10-6-8-13(4)12(3)14(13,5)9-7-11(10)2/h12H,6-9H2,1-5H3/b11-10-. The van der Waals surface area contributed by atoms with E-state index in [9.17, 15) is 0 Å². The Hall–Kier alpha value is -0.260. The molecule has 0 aromatic carbocycles. The van der Waals surface area contributed by atoms with Crippen molar-refractivity contribution >= 4 is 0 Å². The summed E-state index contributed by atoms with van der Waals surface area (Å²) in [4.78, 5) is 0. The summed E-state index contributed by atoms with van der Waals surface area (Å²) in [7, 11) is 0. The van der Waals surface area contributed by atoms with Crippen LogP contribution in [0.1, 0.15) is 60.3 Å². The Labute approximate surface area is 88.8 Å². The zero-order valence-corrected chi connectivity index (χ0v) is 10.4. The van der Waals surface area contributed by atoms with Crippen LogP contribution in [0.15, 0.2) is 11.1 Å². The fourth-order valence-corrected chi connectivity index (χ4v) is 3.57. The molecule has 0 N–H and O–H groups in total. The molecular weight excluding hydrogens is 168 g/mol. The van der Waals surface area contributed by atoms with Gasteiger partial charge in [0.1, 0.15) is 0 Å². The second-order valence-electron chi connectivity index (χ2n) is 6.12. The molecule has 0 radical (unpaired) electrons. The van der Waals surface area contributed by atoms with Gasteiger partial charge >= 0.3 is 0 Å². The van der Waals surface area contributed by atoms with E-state index in [1.807, 2.05) is 0 Å². The van der Waals surface area contributed by atoms with Gasteiger partial charge in [-0.05, 0) is 56.3 Å². The lowest BCUT2D eigenvalue weighted by atomic mass is 9.82. The quantitative estimate of drug-likeness (QED) is 0.494. The molecular formula is C14H24. The third-order valence-corrected chi connectivity index (χ3v) is 5.90. The van der Waals surface area contributed by atoms with Gasteiger partial charge in [-0.3, -0.25) is 0 Å². The van der Waals surface area contributed by atoms with Gasteiger partial charge in [-0.15, -0.1) is 0 Å². The second-order valence-corrected chi connectivity index (χ2v) is 6.12. The van der Waals surface area contributed by atoms with E-state index in [0.29, 0.717) is 10.8 Å². The van der Waals surface area contributed by atoms with Gasteiger partial charge in [0.25, 0.3) is 0 Å². The lowest BCUT2D eigenvalue weighted by Crippen LogP contribution is -2.11. The van der Waals surface area contributed by atoms with Crippen molar-refractivity contribution in [2.24, 2.45) is 16.7 Å². The van der Waals surface area contributed by atoms with Crippen molar-refractivity contribution in [1.29, 1.82) is 0 Å². The van der Waals surface area contributed by atoms with Gasteiger partial charge in [0.05, 0.1) is 0 Å². The van der Waals surface area contributed by atoms with Gasteiger partial charge in [0, 0.05) is 0 Å². The highest BCUT2D eigenvalue weighted by molar-refractivity contribution is 5.21. The minimum atomic E-state index is 0.648. The molecule has 0 saturated heterocycles. The summed E-state index contributed by atoms with van der Waals surface area (Å²) < 4.78 is 0. The first-order valence-corrected chi connectivity index (χ1v) is 6.07.